The second-order valence-corrected chi connectivity index (χ2v) is 10.1. The van der Waals surface area contributed by atoms with Gasteiger partial charge in [-0.15, -0.1) is 0 Å². The number of carbonyl (C=O) groups excluding carboxylic acids is 1. The second-order valence-electron chi connectivity index (χ2n) is 8.41. The number of halogens is 1. The molecule has 0 bridgehead atoms. The summed E-state index contributed by atoms with van der Waals surface area (Å²) in [5, 5.41) is 2.60. The lowest BCUT2D eigenvalue weighted by Crippen LogP contribution is -2.37. The van der Waals surface area contributed by atoms with E-state index in [-0.39, 0.29) is 18.5 Å². The molecule has 2 aliphatic rings. The van der Waals surface area contributed by atoms with Crippen molar-refractivity contribution < 1.29 is 37.0 Å². The van der Waals surface area contributed by atoms with Gasteiger partial charge in [-0.1, -0.05) is 18.2 Å². The Labute approximate surface area is 206 Å². The van der Waals surface area contributed by atoms with Crippen LogP contribution >= 0.6 is 7.75 Å². The Morgan fingerprint density at radius 3 is 2.78 bits per heavy atom. The average molecular weight is 526 g/mol. The quantitative estimate of drug-likeness (QED) is 0.347. The fourth-order valence-corrected chi connectivity index (χ4v) is 5.25. The molecule has 1 aliphatic heterocycles. The van der Waals surface area contributed by atoms with Crippen molar-refractivity contribution in [2.75, 3.05) is 18.9 Å². The first-order valence-corrected chi connectivity index (χ1v) is 13.1. The summed E-state index contributed by atoms with van der Waals surface area (Å²) in [6.45, 7) is 0.979. The van der Waals surface area contributed by atoms with Crippen molar-refractivity contribution in [1.29, 1.82) is 0 Å². The molecule has 1 aromatic carbocycles. The molecule has 196 valence electrons. The lowest BCUT2D eigenvalue weighted by Gasteiger charge is -2.24. The highest BCUT2D eigenvalue weighted by Crippen LogP contribution is 2.45. The fourth-order valence-electron chi connectivity index (χ4n) is 3.77. The molecule has 2 fully saturated rings. The Balaban J connectivity index is 1.40. The van der Waals surface area contributed by atoms with Gasteiger partial charge in [0.25, 0.3) is 0 Å². The number of rotatable bonds is 10. The number of nitrogen functional groups attached to an aromatic ring is 1. The van der Waals surface area contributed by atoms with Gasteiger partial charge in [0.05, 0.1) is 12.8 Å². The number of nitrogens with two attached hydrogens (primary N) is 1. The van der Waals surface area contributed by atoms with Gasteiger partial charge in [0.15, 0.2) is 24.2 Å². The van der Waals surface area contributed by atoms with E-state index in [1.807, 2.05) is 0 Å². The van der Waals surface area contributed by atoms with Gasteiger partial charge < -0.3 is 24.5 Å². The average Bonchev–Trinajstić information content (AvgIpc) is 3.53. The monoisotopic (exact) mass is 526 g/mol. The van der Waals surface area contributed by atoms with Crippen LogP contribution in [0.1, 0.15) is 38.8 Å². The number of aromatic nitrogens is 2. The molecular weight excluding hydrogens is 498 g/mol. The Morgan fingerprint density at radius 2 is 2.06 bits per heavy atom. The first-order valence-electron chi connectivity index (χ1n) is 11.5. The van der Waals surface area contributed by atoms with E-state index < -0.39 is 56.2 Å². The number of para-hydroxylation sites is 1. The van der Waals surface area contributed by atoms with Crippen LogP contribution in [0.2, 0.25) is 0 Å². The molecule has 4 atom stereocenters. The molecule has 0 radical (unpaired) electrons. The third-order valence-electron chi connectivity index (χ3n) is 5.62. The summed E-state index contributed by atoms with van der Waals surface area (Å²) in [7, 11) is -4.13. The lowest BCUT2D eigenvalue weighted by atomic mass is 10.3. The number of benzene rings is 1. The van der Waals surface area contributed by atoms with Crippen molar-refractivity contribution in [2.45, 2.75) is 57.3 Å². The van der Waals surface area contributed by atoms with E-state index in [1.54, 1.807) is 30.3 Å². The molecule has 36 heavy (non-hydrogen) atoms. The first kappa shape index (κ1) is 26.2. The molecule has 1 saturated heterocycles. The predicted molar refractivity (Wildman–Crippen MR) is 124 cm³/mol. The summed E-state index contributed by atoms with van der Waals surface area (Å²) in [5.41, 5.74) is 4.48. The van der Waals surface area contributed by atoms with Crippen molar-refractivity contribution in [3.8, 4) is 5.75 Å². The van der Waals surface area contributed by atoms with E-state index in [2.05, 4.69) is 10.1 Å². The Kier molecular flexibility index (Phi) is 8.37. The molecule has 1 aliphatic carbocycles. The minimum absolute atomic E-state index is 0.125. The Morgan fingerprint density at radius 1 is 1.33 bits per heavy atom. The minimum atomic E-state index is -4.13. The van der Waals surface area contributed by atoms with Gasteiger partial charge in [-0.05, 0) is 44.7 Å². The van der Waals surface area contributed by atoms with Crippen molar-refractivity contribution in [3.63, 3.8) is 0 Å². The predicted octanol–water partition coefficient (Wildman–Crippen LogP) is 2.50. The zero-order chi connectivity index (χ0) is 25.7. The number of nitrogens with zero attached hydrogens (tertiary/aromatic N) is 2. The minimum Gasteiger partial charge on any atom is -0.461 e. The van der Waals surface area contributed by atoms with Gasteiger partial charge >= 0.3 is 19.4 Å². The maximum absolute atomic E-state index is 13.8. The smallest absolute Gasteiger partial charge is 0.459 e. The van der Waals surface area contributed by atoms with Gasteiger partial charge in [-0.2, -0.15) is 10.1 Å². The molecule has 14 heteroatoms. The molecule has 2 unspecified atom stereocenters. The topological polar surface area (TPSA) is 153 Å². The van der Waals surface area contributed by atoms with Crippen LogP contribution in [0.4, 0.5) is 10.2 Å². The highest BCUT2D eigenvalue weighted by Gasteiger charge is 2.36. The molecule has 1 aromatic heterocycles. The van der Waals surface area contributed by atoms with Crippen molar-refractivity contribution in [3.05, 3.63) is 52.8 Å². The Hall–Kier alpha value is -2.83. The molecule has 12 nitrogen and oxygen atoms in total. The number of carbonyl (C=O) groups is 1. The molecule has 0 amide bonds. The summed E-state index contributed by atoms with van der Waals surface area (Å²) in [5.74, 6) is -1.75. The van der Waals surface area contributed by atoms with Gasteiger partial charge in [0.2, 0.25) is 0 Å². The van der Waals surface area contributed by atoms with Gasteiger partial charge in [0, 0.05) is 0 Å². The van der Waals surface area contributed by atoms with E-state index in [4.69, 9.17) is 29.0 Å². The molecule has 3 N–H and O–H groups in total. The highest BCUT2D eigenvalue weighted by molar-refractivity contribution is 7.52. The molecule has 1 saturated carbocycles. The van der Waals surface area contributed by atoms with Crippen LogP contribution in [0, 0.1) is 5.82 Å². The van der Waals surface area contributed by atoms with Crippen LogP contribution < -0.4 is 21.0 Å². The van der Waals surface area contributed by atoms with Crippen molar-refractivity contribution in [1.82, 2.24) is 14.6 Å². The van der Waals surface area contributed by atoms with E-state index in [0.29, 0.717) is 0 Å². The summed E-state index contributed by atoms with van der Waals surface area (Å²) >= 11 is 0. The third-order valence-corrected chi connectivity index (χ3v) is 7.26. The molecule has 2 heterocycles. The Bertz CT molecular complexity index is 1160. The standard InChI is InChI=1S/C22H28FN4O8P/c1-14(21(28)33-15-7-5-6-8-15)26-36(30,35-16-9-3-2-4-10-16)32-13-19-31-12-18(34-19)27-11-17(23)20(24)25-22(27)29/h2-4,9-11,14-15,18-19H,5-8,12-13H2,1H3,(H,26,30)(H2,24,25,29)/t14?,18-,19-,36?/m0/s1. The first-order chi connectivity index (χ1) is 17.2. The molecular formula is C22H28FN4O8P. The van der Waals surface area contributed by atoms with E-state index in [1.165, 1.54) is 6.92 Å². The van der Waals surface area contributed by atoms with Crippen molar-refractivity contribution in [2.24, 2.45) is 0 Å². The number of nitrogens with one attached hydrogen (secondary N) is 1. The zero-order valence-electron chi connectivity index (χ0n) is 19.6. The van der Waals surface area contributed by atoms with E-state index in [9.17, 15) is 18.5 Å². The van der Waals surface area contributed by atoms with Crippen LogP contribution in [0.3, 0.4) is 0 Å². The van der Waals surface area contributed by atoms with Crippen LogP contribution in [-0.4, -0.2) is 47.2 Å². The lowest BCUT2D eigenvalue weighted by molar-refractivity contribution is -0.150. The fraction of sp³-hybridized carbons (Fsp3) is 0.500. The van der Waals surface area contributed by atoms with E-state index in [0.717, 1.165) is 36.4 Å². The SMILES string of the molecule is CC(NP(=O)(OC[C@H]1OC[C@@H](n2cc(F)c(N)nc2=O)O1)Oc1ccccc1)C(=O)OC1CCCC1. The second kappa shape index (κ2) is 11.5. The summed E-state index contributed by atoms with van der Waals surface area (Å²) in [6.07, 6.45) is 2.20. The summed E-state index contributed by atoms with van der Waals surface area (Å²) in [6, 6.07) is 7.27. The summed E-state index contributed by atoms with van der Waals surface area (Å²) in [4.78, 5) is 27.9. The number of esters is 1. The third kappa shape index (κ3) is 6.68. The van der Waals surface area contributed by atoms with Crippen molar-refractivity contribution >= 4 is 19.5 Å². The normalized spacial score (nSPS) is 22.7. The van der Waals surface area contributed by atoms with Crippen LogP contribution in [0.15, 0.2) is 41.3 Å². The maximum atomic E-state index is 13.8. The van der Waals surface area contributed by atoms with E-state index >= 15 is 0 Å². The number of ether oxygens (including phenoxy) is 3. The molecule has 0 spiro atoms. The summed E-state index contributed by atoms with van der Waals surface area (Å²) < 4.78 is 55.9. The van der Waals surface area contributed by atoms with Gasteiger partial charge in [-0.3, -0.25) is 13.9 Å². The maximum Gasteiger partial charge on any atom is 0.459 e. The van der Waals surface area contributed by atoms with Gasteiger partial charge in [-0.25, -0.2) is 13.8 Å². The molecule has 4 rings (SSSR count). The number of hydrogen-bond acceptors (Lipinski definition) is 10. The largest absolute Gasteiger partial charge is 0.461 e. The molecule has 2 aromatic rings. The number of hydrogen-bond donors (Lipinski definition) is 2. The van der Waals surface area contributed by atoms with Crippen LogP contribution in [0.25, 0.3) is 0 Å². The van der Waals surface area contributed by atoms with Crippen LogP contribution in [0.5, 0.6) is 5.75 Å². The zero-order valence-corrected chi connectivity index (χ0v) is 20.5. The van der Waals surface area contributed by atoms with Crippen LogP contribution in [-0.2, 0) is 28.1 Å². The number of anilines is 1. The highest BCUT2D eigenvalue weighted by atomic mass is 31.2. The van der Waals surface area contributed by atoms with Gasteiger partial charge in [0.1, 0.15) is 24.5 Å².